The zero-order valence-electron chi connectivity index (χ0n) is 13.5. The number of hydrogen-bond acceptors (Lipinski definition) is 4. The number of hydrogen-bond donors (Lipinski definition) is 3. The maximum Gasteiger partial charge on any atom is 0.315 e. The lowest BCUT2D eigenvalue weighted by Crippen LogP contribution is -2.42. The Morgan fingerprint density at radius 3 is 2.87 bits per heavy atom. The van der Waals surface area contributed by atoms with Crippen LogP contribution in [0.25, 0.3) is 0 Å². The minimum atomic E-state index is -0.723. The second-order valence-electron chi connectivity index (χ2n) is 5.63. The van der Waals surface area contributed by atoms with Crippen molar-refractivity contribution >= 4 is 6.03 Å². The van der Waals surface area contributed by atoms with Crippen LogP contribution in [0.2, 0.25) is 0 Å². The predicted octanol–water partition coefficient (Wildman–Crippen LogP) is 2.34. The Balaban J connectivity index is 1.66. The number of nitrogens with one attached hydrogen (secondary N) is 2. The quantitative estimate of drug-likeness (QED) is 0.731. The predicted molar refractivity (Wildman–Crippen MR) is 87.0 cm³/mol. The van der Waals surface area contributed by atoms with Crippen LogP contribution in [-0.4, -0.2) is 28.7 Å². The summed E-state index contributed by atoms with van der Waals surface area (Å²) in [4.78, 5) is 16.0. The van der Waals surface area contributed by atoms with E-state index in [0.717, 1.165) is 17.7 Å². The van der Waals surface area contributed by atoms with Crippen LogP contribution in [0, 0.1) is 6.92 Å². The van der Waals surface area contributed by atoms with Gasteiger partial charge in [0.1, 0.15) is 11.9 Å². The lowest BCUT2D eigenvalue weighted by atomic mass is 10.1. The van der Waals surface area contributed by atoms with E-state index in [4.69, 9.17) is 4.42 Å². The fourth-order valence-electron chi connectivity index (χ4n) is 2.23. The molecule has 0 fully saturated rings. The number of furan rings is 1. The molecule has 0 aliphatic heterocycles. The number of carbonyl (C=O) groups is 1. The van der Waals surface area contributed by atoms with E-state index in [0.29, 0.717) is 18.7 Å². The molecule has 0 aromatic carbocycles. The van der Waals surface area contributed by atoms with E-state index < -0.39 is 6.10 Å². The smallest absolute Gasteiger partial charge is 0.315 e. The number of aliphatic hydroxyl groups is 1. The monoisotopic (exact) mass is 317 g/mol. The molecule has 2 atom stereocenters. The normalized spacial score (nSPS) is 13.3. The highest BCUT2D eigenvalue weighted by Gasteiger charge is 2.16. The van der Waals surface area contributed by atoms with Crippen LogP contribution in [0.3, 0.4) is 0 Å². The topological polar surface area (TPSA) is 87.4 Å². The maximum atomic E-state index is 11.8. The van der Waals surface area contributed by atoms with Crippen molar-refractivity contribution in [1.82, 2.24) is 15.6 Å². The average Bonchev–Trinajstić information content (AvgIpc) is 3.03. The molecule has 2 aromatic rings. The zero-order valence-corrected chi connectivity index (χ0v) is 13.5. The van der Waals surface area contributed by atoms with Gasteiger partial charge in [-0.15, -0.1) is 0 Å². The molecule has 0 aliphatic rings. The highest BCUT2D eigenvalue weighted by atomic mass is 16.4. The number of aliphatic hydroxyl groups excluding tert-OH is 1. The lowest BCUT2D eigenvalue weighted by Gasteiger charge is -2.17. The fraction of sp³-hybridized carbons (Fsp3) is 0.412. The number of amides is 2. The van der Waals surface area contributed by atoms with Gasteiger partial charge in [-0.3, -0.25) is 4.98 Å². The van der Waals surface area contributed by atoms with Gasteiger partial charge in [-0.1, -0.05) is 6.07 Å². The summed E-state index contributed by atoms with van der Waals surface area (Å²) in [6.45, 7) is 4.31. The van der Waals surface area contributed by atoms with Crippen LogP contribution in [0.4, 0.5) is 4.79 Å². The van der Waals surface area contributed by atoms with Crippen LogP contribution in [0.1, 0.15) is 36.5 Å². The summed E-state index contributed by atoms with van der Waals surface area (Å²) >= 11 is 0. The van der Waals surface area contributed by atoms with E-state index in [1.807, 2.05) is 32.2 Å². The molecule has 2 rings (SSSR count). The molecule has 2 amide bonds. The third-order valence-corrected chi connectivity index (χ3v) is 3.50. The molecule has 0 unspecified atom stereocenters. The molecule has 3 N–H and O–H groups in total. The Bertz CT molecular complexity index is 596. The van der Waals surface area contributed by atoms with Crippen LogP contribution < -0.4 is 10.6 Å². The molecule has 2 aromatic heterocycles. The summed E-state index contributed by atoms with van der Waals surface area (Å²) in [7, 11) is 0. The first kappa shape index (κ1) is 17.0. The highest BCUT2D eigenvalue weighted by Crippen LogP contribution is 2.18. The van der Waals surface area contributed by atoms with Gasteiger partial charge in [-0.2, -0.15) is 0 Å². The second-order valence-corrected chi connectivity index (χ2v) is 5.63. The third kappa shape index (κ3) is 5.75. The van der Waals surface area contributed by atoms with Gasteiger partial charge in [0.2, 0.25) is 0 Å². The summed E-state index contributed by atoms with van der Waals surface area (Å²) in [5.41, 5.74) is 2.06. The number of carbonyl (C=O) groups excluding carboxylic acids is 1. The van der Waals surface area contributed by atoms with Gasteiger partial charge in [0.05, 0.1) is 6.26 Å². The number of nitrogens with zero attached hydrogens (tertiary/aromatic N) is 1. The maximum absolute atomic E-state index is 11.8. The van der Waals surface area contributed by atoms with E-state index in [1.165, 1.54) is 6.26 Å². The van der Waals surface area contributed by atoms with E-state index >= 15 is 0 Å². The third-order valence-electron chi connectivity index (χ3n) is 3.50. The van der Waals surface area contributed by atoms with E-state index in [1.54, 1.807) is 12.1 Å². The van der Waals surface area contributed by atoms with Gasteiger partial charge >= 0.3 is 6.03 Å². The van der Waals surface area contributed by atoms with Crippen LogP contribution in [-0.2, 0) is 6.42 Å². The van der Waals surface area contributed by atoms with Crippen molar-refractivity contribution in [2.75, 3.05) is 6.54 Å². The molecule has 0 radical (unpaired) electrons. The molecule has 0 aliphatic carbocycles. The Morgan fingerprint density at radius 1 is 1.39 bits per heavy atom. The molecule has 124 valence electrons. The lowest BCUT2D eigenvalue weighted by molar-refractivity contribution is 0.129. The van der Waals surface area contributed by atoms with Gasteiger partial charge in [0, 0.05) is 30.9 Å². The summed E-state index contributed by atoms with van der Waals surface area (Å²) < 4.78 is 5.14. The van der Waals surface area contributed by atoms with Crippen LogP contribution >= 0.6 is 0 Å². The van der Waals surface area contributed by atoms with Crippen LogP contribution in [0.5, 0.6) is 0 Å². The summed E-state index contributed by atoms with van der Waals surface area (Å²) in [5, 5.41) is 15.6. The van der Waals surface area contributed by atoms with E-state index in [2.05, 4.69) is 15.6 Å². The number of aryl methyl sites for hydroxylation is 1. The van der Waals surface area contributed by atoms with Crippen molar-refractivity contribution in [1.29, 1.82) is 0 Å². The second kappa shape index (κ2) is 8.33. The molecule has 0 saturated heterocycles. The van der Waals surface area contributed by atoms with Gasteiger partial charge in [-0.05, 0) is 44.0 Å². The van der Waals surface area contributed by atoms with E-state index in [9.17, 15) is 9.90 Å². The van der Waals surface area contributed by atoms with Gasteiger partial charge in [-0.25, -0.2) is 4.79 Å². The summed E-state index contributed by atoms with van der Waals surface area (Å²) in [5.74, 6) is 0.505. The molecular weight excluding hydrogens is 294 g/mol. The zero-order chi connectivity index (χ0) is 16.7. The first-order chi connectivity index (χ1) is 11.0. The van der Waals surface area contributed by atoms with Gasteiger partial charge in [0.25, 0.3) is 0 Å². The number of rotatable bonds is 7. The Hall–Kier alpha value is -2.34. The molecule has 0 spiro atoms. The first-order valence-corrected chi connectivity index (χ1v) is 7.72. The van der Waals surface area contributed by atoms with Crippen molar-refractivity contribution in [2.45, 2.75) is 38.8 Å². The SMILES string of the molecule is Cc1ccc(CCNC(=O)N[C@@H](C)C[C@@H](O)c2ccco2)cn1. The Morgan fingerprint density at radius 2 is 2.22 bits per heavy atom. The molecular formula is C17H23N3O3. The molecule has 0 bridgehead atoms. The van der Waals surface area contributed by atoms with Crippen LogP contribution in [0.15, 0.2) is 41.1 Å². The molecule has 6 heteroatoms. The van der Waals surface area contributed by atoms with Crippen molar-refractivity contribution in [3.05, 3.63) is 53.7 Å². The molecule has 2 heterocycles. The van der Waals surface area contributed by atoms with Crippen molar-refractivity contribution in [3.8, 4) is 0 Å². The molecule has 6 nitrogen and oxygen atoms in total. The first-order valence-electron chi connectivity index (χ1n) is 7.72. The van der Waals surface area contributed by atoms with E-state index in [-0.39, 0.29) is 12.1 Å². The standard InChI is InChI=1S/C17H23N3O3/c1-12-5-6-14(11-19-12)7-8-18-17(22)20-13(2)10-15(21)16-4-3-9-23-16/h3-6,9,11,13,15,21H,7-8,10H2,1-2H3,(H2,18,20,22)/t13-,15+/m0/s1. The largest absolute Gasteiger partial charge is 0.467 e. The Labute approximate surface area is 135 Å². The number of urea groups is 1. The minimum absolute atomic E-state index is 0.170. The Kier molecular flexibility index (Phi) is 6.17. The van der Waals surface area contributed by atoms with Gasteiger partial charge < -0.3 is 20.2 Å². The summed E-state index contributed by atoms with van der Waals surface area (Å²) in [6, 6.07) is 6.98. The minimum Gasteiger partial charge on any atom is -0.467 e. The van der Waals surface area contributed by atoms with Gasteiger partial charge in [0.15, 0.2) is 0 Å². The fourth-order valence-corrected chi connectivity index (χ4v) is 2.23. The average molecular weight is 317 g/mol. The van der Waals surface area contributed by atoms with Crippen molar-refractivity contribution < 1.29 is 14.3 Å². The summed E-state index contributed by atoms with van der Waals surface area (Å²) in [6.07, 6.45) is 3.73. The number of pyridine rings is 1. The number of aromatic nitrogens is 1. The molecule has 0 saturated carbocycles. The van der Waals surface area contributed by atoms with Crippen molar-refractivity contribution in [3.63, 3.8) is 0 Å². The molecule has 23 heavy (non-hydrogen) atoms. The van der Waals surface area contributed by atoms with Crippen molar-refractivity contribution in [2.24, 2.45) is 0 Å². The highest BCUT2D eigenvalue weighted by molar-refractivity contribution is 5.74.